The van der Waals surface area contributed by atoms with Crippen molar-refractivity contribution in [3.8, 4) is 0 Å². The topological polar surface area (TPSA) is 54.4 Å². The number of aliphatic hydroxyl groups is 1. The third-order valence-electron chi connectivity index (χ3n) is 8.42. The van der Waals surface area contributed by atoms with Crippen LogP contribution in [0.5, 0.6) is 0 Å². The van der Waals surface area contributed by atoms with Crippen LogP contribution in [-0.4, -0.2) is 40.0 Å². The highest BCUT2D eigenvalue weighted by atomic mass is 32.2. The second kappa shape index (κ2) is 6.71. The van der Waals surface area contributed by atoms with Gasteiger partial charge in [-0.2, -0.15) is 0 Å². The van der Waals surface area contributed by atoms with E-state index in [4.69, 9.17) is 0 Å². The molecule has 4 rings (SSSR count). The van der Waals surface area contributed by atoms with Crippen LogP contribution in [0, 0.1) is 34.5 Å². The lowest BCUT2D eigenvalue weighted by molar-refractivity contribution is -0.201. The van der Waals surface area contributed by atoms with Gasteiger partial charge in [-0.15, -0.1) is 0 Å². The van der Waals surface area contributed by atoms with E-state index in [1.54, 1.807) is 6.92 Å². The van der Waals surface area contributed by atoms with Gasteiger partial charge in [0, 0.05) is 17.3 Å². The van der Waals surface area contributed by atoms with E-state index in [9.17, 15) is 19.1 Å². The lowest BCUT2D eigenvalue weighted by atomic mass is 9.45. The number of fused-ring (bicyclic) bond motifs is 5. The Labute approximate surface area is 173 Å². The average Bonchev–Trinajstić information content (AvgIpc) is 2.90. The van der Waals surface area contributed by atoms with Crippen molar-refractivity contribution in [2.45, 2.75) is 58.0 Å². The summed E-state index contributed by atoms with van der Waals surface area (Å²) in [6.45, 7) is 5.33. The number of carbonyl (C=O) groups is 2. The van der Waals surface area contributed by atoms with Crippen LogP contribution >= 0.6 is 11.8 Å². The van der Waals surface area contributed by atoms with Crippen LogP contribution in [0.1, 0.15) is 40.0 Å². The Bertz CT molecular complexity index is 813. The van der Waals surface area contributed by atoms with Crippen LogP contribution in [0.15, 0.2) is 23.8 Å². The molecule has 0 aliphatic heterocycles. The van der Waals surface area contributed by atoms with Crippen molar-refractivity contribution in [1.29, 1.82) is 0 Å². The maximum atomic E-state index is 16.9. The zero-order valence-electron chi connectivity index (χ0n) is 16.8. The molecule has 0 radical (unpaired) electrons. The molecule has 160 valence electrons. The number of alkyl halides is 3. The molecule has 0 bridgehead atoms. The molecule has 4 aliphatic carbocycles. The Hall–Kier alpha value is -1.08. The van der Waals surface area contributed by atoms with Crippen molar-refractivity contribution in [3.05, 3.63) is 23.8 Å². The summed E-state index contributed by atoms with van der Waals surface area (Å²) in [7, 11) is 0. The minimum Gasteiger partial charge on any atom is -0.390 e. The molecule has 0 heterocycles. The lowest BCUT2D eigenvalue weighted by Gasteiger charge is -2.62. The highest BCUT2D eigenvalue weighted by Crippen LogP contribution is 2.70. The van der Waals surface area contributed by atoms with E-state index in [0.717, 1.165) is 0 Å². The third-order valence-corrected chi connectivity index (χ3v) is 9.07. The van der Waals surface area contributed by atoms with Gasteiger partial charge in [0.2, 0.25) is 0 Å². The van der Waals surface area contributed by atoms with Crippen LogP contribution in [0.25, 0.3) is 0 Å². The number of halogens is 3. The van der Waals surface area contributed by atoms with Gasteiger partial charge in [0.25, 0.3) is 0 Å². The first kappa shape index (κ1) is 21.2. The second-order valence-electron chi connectivity index (χ2n) is 9.71. The number of hydrogen-bond donors (Lipinski definition) is 1. The summed E-state index contributed by atoms with van der Waals surface area (Å²) in [5, 5.41) is 10.8. The Morgan fingerprint density at radius 1 is 1.31 bits per heavy atom. The molecule has 0 aromatic carbocycles. The van der Waals surface area contributed by atoms with Gasteiger partial charge in [0.15, 0.2) is 16.6 Å². The maximum Gasteiger partial charge on any atom is 0.195 e. The van der Waals surface area contributed by atoms with E-state index in [1.165, 1.54) is 18.2 Å². The number of aliphatic hydroxyl groups excluding tert-OH is 1. The Morgan fingerprint density at radius 3 is 2.66 bits per heavy atom. The molecule has 0 aromatic heterocycles. The Balaban J connectivity index is 1.80. The molecule has 4 aliphatic rings. The van der Waals surface area contributed by atoms with Gasteiger partial charge in [-0.05, 0) is 61.2 Å². The first-order valence-corrected chi connectivity index (χ1v) is 11.2. The molecule has 1 unspecified atom stereocenters. The fourth-order valence-corrected chi connectivity index (χ4v) is 8.01. The molecule has 0 spiro atoms. The zero-order chi connectivity index (χ0) is 21.4. The standard InChI is InChI=1S/C22H27F3O3S/c1-11-6-13-14-8-16(24)15-7-12(26)4-5-21(15,3)22(14,25)17(27)9-20(13,2)18(11)19(28)29-10-23/h4-5,7,11,13-14,16-18,27H,6,8-10H2,1-3H3/t11-,13+,14+,16+,17+,18?,20+,21+,22+/m1/s1. The molecule has 9 atom stereocenters. The lowest BCUT2D eigenvalue weighted by Crippen LogP contribution is -2.68. The van der Waals surface area contributed by atoms with Crippen molar-refractivity contribution in [1.82, 2.24) is 0 Å². The molecule has 7 heteroatoms. The number of ketones is 1. The van der Waals surface area contributed by atoms with E-state index >= 15 is 8.78 Å². The predicted octanol–water partition coefficient (Wildman–Crippen LogP) is 4.35. The fraction of sp³-hybridized carbons (Fsp3) is 0.727. The quantitative estimate of drug-likeness (QED) is 0.710. The van der Waals surface area contributed by atoms with E-state index in [2.05, 4.69) is 0 Å². The largest absolute Gasteiger partial charge is 0.390 e. The van der Waals surface area contributed by atoms with E-state index in [-0.39, 0.29) is 41.1 Å². The summed E-state index contributed by atoms with van der Waals surface area (Å²) in [5.74, 6) is -2.07. The molecule has 3 saturated carbocycles. The number of allylic oxidation sites excluding steroid dienone is 4. The monoisotopic (exact) mass is 428 g/mol. The van der Waals surface area contributed by atoms with Crippen molar-refractivity contribution >= 4 is 22.7 Å². The van der Waals surface area contributed by atoms with Gasteiger partial charge in [-0.1, -0.05) is 31.7 Å². The van der Waals surface area contributed by atoms with Gasteiger partial charge >= 0.3 is 0 Å². The SMILES string of the molecule is C[C@@H]1C[C@H]2[C@@H]3C[C@H](F)C4=CC(=O)C=C[C@]4(C)[C@@]3(F)[C@@H](O)C[C@]2(C)C1C(=O)SCF. The number of rotatable bonds is 2. The average molecular weight is 429 g/mol. The molecule has 0 saturated heterocycles. The van der Waals surface area contributed by atoms with E-state index in [0.29, 0.717) is 18.2 Å². The van der Waals surface area contributed by atoms with Crippen LogP contribution in [-0.2, 0) is 9.59 Å². The van der Waals surface area contributed by atoms with Gasteiger partial charge in [0.1, 0.15) is 12.2 Å². The summed E-state index contributed by atoms with van der Waals surface area (Å²) >= 11 is 0.622. The van der Waals surface area contributed by atoms with Crippen LogP contribution in [0.4, 0.5) is 13.2 Å². The van der Waals surface area contributed by atoms with Crippen LogP contribution < -0.4 is 0 Å². The van der Waals surface area contributed by atoms with Crippen molar-refractivity contribution in [2.75, 3.05) is 6.01 Å². The van der Waals surface area contributed by atoms with Crippen molar-refractivity contribution in [3.63, 3.8) is 0 Å². The first-order valence-electron chi connectivity index (χ1n) is 10.2. The molecular formula is C22H27F3O3S. The first-order chi connectivity index (χ1) is 13.5. The van der Waals surface area contributed by atoms with Crippen molar-refractivity contribution in [2.24, 2.45) is 34.5 Å². The highest BCUT2D eigenvalue weighted by Gasteiger charge is 2.73. The maximum absolute atomic E-state index is 16.9. The fourth-order valence-electron chi connectivity index (χ4n) is 7.22. The second-order valence-corrected chi connectivity index (χ2v) is 10.6. The van der Waals surface area contributed by atoms with Gasteiger partial charge in [-0.3, -0.25) is 9.59 Å². The van der Waals surface area contributed by atoms with E-state index in [1.807, 2.05) is 13.8 Å². The molecule has 29 heavy (non-hydrogen) atoms. The van der Waals surface area contributed by atoms with Gasteiger partial charge in [0.05, 0.1) is 6.10 Å². The third kappa shape index (κ3) is 2.62. The normalized spacial score (nSPS) is 51.1. The number of carbonyl (C=O) groups excluding carboxylic acids is 2. The number of thioether (sulfide) groups is 1. The molecule has 3 nitrogen and oxygen atoms in total. The zero-order valence-corrected chi connectivity index (χ0v) is 17.6. The summed E-state index contributed by atoms with van der Waals surface area (Å²) < 4.78 is 45.0. The Kier molecular flexibility index (Phi) is 4.90. The molecule has 1 N–H and O–H groups in total. The van der Waals surface area contributed by atoms with Crippen molar-refractivity contribution < 1.29 is 27.9 Å². The van der Waals surface area contributed by atoms with Gasteiger partial charge in [-0.25, -0.2) is 13.2 Å². The predicted molar refractivity (Wildman–Crippen MR) is 105 cm³/mol. The summed E-state index contributed by atoms with van der Waals surface area (Å²) in [6.07, 6.45) is 1.40. The molecule has 0 amide bonds. The molecular weight excluding hydrogens is 401 g/mol. The minimum atomic E-state index is -2.13. The number of hydrogen-bond acceptors (Lipinski definition) is 4. The van der Waals surface area contributed by atoms with E-state index < -0.39 is 46.6 Å². The minimum absolute atomic E-state index is 0.0554. The Morgan fingerprint density at radius 2 is 2.00 bits per heavy atom. The summed E-state index contributed by atoms with van der Waals surface area (Å²) in [6, 6.07) is -0.820. The van der Waals surface area contributed by atoms with Crippen LogP contribution in [0.3, 0.4) is 0 Å². The summed E-state index contributed by atoms with van der Waals surface area (Å²) in [5.41, 5.74) is -4.17. The van der Waals surface area contributed by atoms with Gasteiger partial charge < -0.3 is 5.11 Å². The molecule has 0 aromatic rings. The smallest absolute Gasteiger partial charge is 0.195 e. The summed E-state index contributed by atoms with van der Waals surface area (Å²) in [4.78, 5) is 24.5. The van der Waals surface area contributed by atoms with Crippen LogP contribution in [0.2, 0.25) is 0 Å². The highest BCUT2D eigenvalue weighted by molar-refractivity contribution is 8.13. The molecule has 3 fully saturated rings.